The summed E-state index contributed by atoms with van der Waals surface area (Å²) in [7, 11) is 0. The number of fused-ring (bicyclic) bond motifs is 1. The number of nitrogens with two attached hydrogens (primary N) is 3. The molecule has 0 aliphatic carbocycles. The molecular formula is C67H89N13O13. The minimum Gasteiger partial charge on any atom is -0.508 e. The van der Waals surface area contributed by atoms with Gasteiger partial charge in [0, 0.05) is 38.6 Å². The third-order valence-corrected chi connectivity index (χ3v) is 16.1. The SMILES string of the molecule is CC(C)C[C@@H]1NC(=O)[C@H](CCCCN)NC(=O)C(C(C)C)NC(=O)[C@H](Cc2ccc(O)cc2)NC(=O)[C@H](CCC(N)=O)NC(=O)[C@H](CC(N)=O)NC(=O)[C@@H](Cc2ccccc2)NC(=O)[C@@H](Cc2ccccc2)NC(=O)[C@@H]2CCCN2C(=O)[C@@H](Cc2ccccc2)NC1=O. The number of phenolic OH excluding ortho intramolecular Hbond substituents is 1. The normalized spacial score (nSPS) is 23.8. The first kappa shape index (κ1) is 72.3. The fourth-order valence-electron chi connectivity index (χ4n) is 11.1. The average Bonchev–Trinajstić information content (AvgIpc) is 1.86. The van der Waals surface area contributed by atoms with E-state index < -0.39 is 156 Å². The molecule has 1 unspecified atom stereocenters. The van der Waals surface area contributed by atoms with Crippen molar-refractivity contribution in [3.8, 4) is 5.75 Å². The second-order valence-corrected chi connectivity index (χ2v) is 24.4. The summed E-state index contributed by atoms with van der Waals surface area (Å²) in [5, 5.41) is 34.5. The van der Waals surface area contributed by atoms with Gasteiger partial charge in [-0.3, -0.25) is 57.5 Å². The van der Waals surface area contributed by atoms with Gasteiger partial charge in [0.05, 0.1) is 6.42 Å². The molecule has 2 fully saturated rings. The number of primary amides is 2. The lowest BCUT2D eigenvalue weighted by molar-refractivity contribution is -0.142. The maximum absolute atomic E-state index is 15.2. The van der Waals surface area contributed by atoms with Crippen LogP contribution in [-0.4, -0.2) is 154 Å². The van der Waals surface area contributed by atoms with Gasteiger partial charge < -0.3 is 75.1 Å². The lowest BCUT2D eigenvalue weighted by atomic mass is 9.98. The van der Waals surface area contributed by atoms with Gasteiger partial charge in [-0.1, -0.05) is 131 Å². The Bertz CT molecular complexity index is 3230. The summed E-state index contributed by atoms with van der Waals surface area (Å²) < 4.78 is 0. The van der Waals surface area contributed by atoms with Gasteiger partial charge in [-0.2, -0.15) is 0 Å². The maximum Gasteiger partial charge on any atom is 0.246 e. The summed E-state index contributed by atoms with van der Waals surface area (Å²) in [5.74, 6) is -11.7. The van der Waals surface area contributed by atoms with Gasteiger partial charge in [-0.25, -0.2) is 0 Å². The summed E-state index contributed by atoms with van der Waals surface area (Å²) in [5.41, 5.74) is 19.3. The van der Waals surface area contributed by atoms with Crippen molar-refractivity contribution in [2.75, 3.05) is 13.1 Å². The van der Waals surface area contributed by atoms with Crippen LogP contribution in [0.15, 0.2) is 115 Å². The van der Waals surface area contributed by atoms with E-state index in [0.717, 1.165) is 0 Å². The van der Waals surface area contributed by atoms with Crippen LogP contribution in [0.25, 0.3) is 0 Å². The summed E-state index contributed by atoms with van der Waals surface area (Å²) in [6.07, 6.45) is -1.12. The third kappa shape index (κ3) is 22.9. The summed E-state index contributed by atoms with van der Waals surface area (Å²) in [6, 6.07) is 17.0. The van der Waals surface area contributed by atoms with Gasteiger partial charge in [-0.05, 0) is 97.7 Å². The van der Waals surface area contributed by atoms with E-state index >= 15 is 4.79 Å². The Morgan fingerprint density at radius 2 is 0.860 bits per heavy atom. The van der Waals surface area contributed by atoms with Crippen LogP contribution in [0.1, 0.15) is 108 Å². The molecule has 26 heteroatoms. The number of unbranched alkanes of at least 4 members (excludes halogenated alkanes) is 1. The van der Waals surface area contributed by atoms with E-state index in [4.69, 9.17) is 17.2 Å². The molecule has 26 nitrogen and oxygen atoms in total. The smallest absolute Gasteiger partial charge is 0.246 e. The van der Waals surface area contributed by atoms with E-state index in [2.05, 4.69) is 47.9 Å². The lowest BCUT2D eigenvalue weighted by Gasteiger charge is -2.32. The molecule has 4 aromatic carbocycles. The van der Waals surface area contributed by atoms with Crippen molar-refractivity contribution in [1.82, 2.24) is 52.8 Å². The monoisotopic (exact) mass is 1280 g/mol. The number of phenols is 1. The minimum absolute atomic E-state index is 0.0289. The van der Waals surface area contributed by atoms with Gasteiger partial charge in [0.1, 0.15) is 66.2 Å². The largest absolute Gasteiger partial charge is 0.508 e. The van der Waals surface area contributed by atoms with Gasteiger partial charge in [-0.15, -0.1) is 0 Å². The van der Waals surface area contributed by atoms with Crippen molar-refractivity contribution in [3.05, 3.63) is 138 Å². The van der Waals surface area contributed by atoms with Gasteiger partial charge >= 0.3 is 0 Å². The topological polar surface area (TPSA) is 415 Å². The predicted octanol–water partition coefficient (Wildman–Crippen LogP) is 0.00260. The van der Waals surface area contributed by atoms with Crippen LogP contribution in [0.5, 0.6) is 5.75 Å². The van der Waals surface area contributed by atoms with Crippen molar-refractivity contribution in [3.63, 3.8) is 0 Å². The molecule has 12 amide bonds. The van der Waals surface area contributed by atoms with Gasteiger partial charge in [0.15, 0.2) is 0 Å². The molecule has 93 heavy (non-hydrogen) atoms. The molecule has 0 spiro atoms. The van der Waals surface area contributed by atoms with E-state index in [1.807, 2.05) is 13.8 Å². The number of carbonyl (C=O) groups is 12. The van der Waals surface area contributed by atoms with E-state index in [1.165, 1.54) is 29.2 Å². The molecule has 0 aromatic heterocycles. The fraction of sp³-hybridized carbons (Fsp3) is 0.463. The average molecular weight is 1280 g/mol. The zero-order valence-electron chi connectivity index (χ0n) is 53.0. The first-order chi connectivity index (χ1) is 44.4. The molecule has 2 saturated heterocycles. The van der Waals surface area contributed by atoms with E-state index in [1.54, 1.807) is 105 Å². The number of carbonyl (C=O) groups excluding carboxylic acids is 12. The highest BCUT2D eigenvalue weighted by atomic mass is 16.3. The Morgan fingerprint density at radius 1 is 0.462 bits per heavy atom. The standard InChI is InChI=1S/C67H89N13O13/c1-39(2)33-48-60(86)78-53(37-43-21-12-7-13-22-43)67(93)80-32-16-24-54(80)65(91)77-50(35-42-19-10-6-11-20-42)62(88)75-49(34-41-17-8-5-9-18-41)61(87)76-52(38-56(70)83)63(89)71-47(29-30-55(69)82)59(85)74-51(36-44-25-27-45(81)28-26-44)64(90)79-57(40(3)4)66(92)72-46(58(84)73-48)23-14-15-31-68/h5-13,17-22,25-28,39-40,46-54,57,81H,14-16,23-24,29-38,68H2,1-4H3,(H2,69,82)(H2,70,83)(H,71,89)(H,72,92)(H,73,84)(H,74,85)(H,75,88)(H,76,87)(H,77,91)(H,78,86)(H,79,90)/t46-,47-,48-,49+,50+,51-,52-,53+,54-,57?/m0/s1. The number of rotatable bonds is 20. The third-order valence-electron chi connectivity index (χ3n) is 16.1. The number of nitrogens with one attached hydrogen (secondary N) is 9. The minimum atomic E-state index is -1.85. The molecule has 0 saturated carbocycles. The molecule has 0 bridgehead atoms. The highest BCUT2D eigenvalue weighted by Gasteiger charge is 2.42. The number of benzene rings is 4. The summed E-state index contributed by atoms with van der Waals surface area (Å²) in [4.78, 5) is 174. The van der Waals surface area contributed by atoms with E-state index in [0.29, 0.717) is 41.5 Å². The quantitative estimate of drug-likeness (QED) is 0.0519. The van der Waals surface area contributed by atoms with Crippen LogP contribution in [0.4, 0.5) is 0 Å². The molecule has 4 aromatic rings. The van der Waals surface area contributed by atoms with E-state index in [9.17, 15) is 57.8 Å². The van der Waals surface area contributed by atoms with Crippen LogP contribution < -0.4 is 65.1 Å². The Kier molecular flexibility index (Phi) is 27.8. The van der Waals surface area contributed by atoms with Crippen molar-refractivity contribution in [1.29, 1.82) is 0 Å². The predicted molar refractivity (Wildman–Crippen MR) is 344 cm³/mol. The van der Waals surface area contributed by atoms with Crippen molar-refractivity contribution in [2.45, 2.75) is 172 Å². The highest BCUT2D eigenvalue weighted by Crippen LogP contribution is 2.22. The molecule has 2 aliphatic rings. The van der Waals surface area contributed by atoms with Crippen LogP contribution in [0.2, 0.25) is 0 Å². The molecule has 10 atom stereocenters. The number of hydrogen-bond donors (Lipinski definition) is 13. The fourth-order valence-corrected chi connectivity index (χ4v) is 11.1. The van der Waals surface area contributed by atoms with Crippen molar-refractivity contribution >= 4 is 70.9 Å². The van der Waals surface area contributed by atoms with Crippen LogP contribution in [-0.2, 0) is 83.2 Å². The molecule has 2 aliphatic heterocycles. The van der Waals surface area contributed by atoms with E-state index in [-0.39, 0.29) is 69.7 Å². The maximum atomic E-state index is 15.2. The molecule has 6 rings (SSSR count). The zero-order valence-corrected chi connectivity index (χ0v) is 53.0. The number of amides is 12. The zero-order chi connectivity index (χ0) is 67.7. The Balaban J connectivity index is 1.47. The van der Waals surface area contributed by atoms with Crippen molar-refractivity contribution < 1.29 is 62.6 Å². The number of aromatic hydroxyl groups is 1. The summed E-state index contributed by atoms with van der Waals surface area (Å²) >= 11 is 0. The molecular weight excluding hydrogens is 1190 g/mol. The Morgan fingerprint density at radius 3 is 1.34 bits per heavy atom. The van der Waals surface area contributed by atoms with Crippen LogP contribution >= 0.6 is 0 Å². The molecule has 2 heterocycles. The first-order valence-corrected chi connectivity index (χ1v) is 31.6. The summed E-state index contributed by atoms with van der Waals surface area (Å²) in [6.45, 7) is 7.23. The van der Waals surface area contributed by atoms with Crippen LogP contribution in [0.3, 0.4) is 0 Å². The second-order valence-electron chi connectivity index (χ2n) is 24.4. The molecule has 16 N–H and O–H groups in total. The Hall–Kier alpha value is -9.72. The van der Waals surface area contributed by atoms with Crippen molar-refractivity contribution in [2.24, 2.45) is 29.0 Å². The Labute approximate surface area is 541 Å². The second kappa shape index (κ2) is 35.8. The van der Waals surface area contributed by atoms with Crippen LogP contribution in [0, 0.1) is 11.8 Å². The first-order valence-electron chi connectivity index (χ1n) is 31.6. The molecule has 0 radical (unpaired) electrons. The number of hydrogen-bond acceptors (Lipinski definition) is 14. The van der Waals surface area contributed by atoms with Gasteiger partial charge in [0.25, 0.3) is 0 Å². The number of nitrogens with zero attached hydrogens (tertiary/aromatic N) is 1. The van der Waals surface area contributed by atoms with Gasteiger partial charge in [0.2, 0.25) is 70.9 Å². The lowest BCUT2D eigenvalue weighted by Crippen LogP contribution is -2.62. The molecule has 500 valence electrons. The highest BCUT2D eigenvalue weighted by molar-refractivity contribution is 6.01.